The molecule has 1 heterocycles. The van der Waals surface area contributed by atoms with Crippen molar-refractivity contribution in [1.29, 1.82) is 0 Å². The molecule has 0 aromatic carbocycles. The number of carbonyl (C=O) groups is 1. The van der Waals surface area contributed by atoms with Crippen molar-refractivity contribution in [3.8, 4) is 0 Å². The number of pyridine rings is 1. The van der Waals surface area contributed by atoms with Gasteiger partial charge in [-0.05, 0) is 44.6 Å². The highest BCUT2D eigenvalue weighted by Crippen LogP contribution is 2.09. The Morgan fingerprint density at radius 1 is 0.929 bits per heavy atom. The molecule has 1 rings (SSSR count). The van der Waals surface area contributed by atoms with E-state index in [0.717, 1.165) is 31.2 Å². The van der Waals surface area contributed by atoms with Crippen molar-refractivity contribution >= 4 is 5.97 Å². The molecule has 0 atom stereocenters. The Balaban J connectivity index is 1.84. The zero-order valence-electron chi connectivity index (χ0n) is 17.8. The fourth-order valence-corrected chi connectivity index (χ4v) is 2.98. The fraction of sp³-hybridized carbons (Fsp3) is 0.600. The summed E-state index contributed by atoms with van der Waals surface area (Å²) in [4.78, 5) is 15.7. The number of esters is 1. The predicted molar refractivity (Wildman–Crippen MR) is 118 cm³/mol. The van der Waals surface area contributed by atoms with Crippen molar-refractivity contribution in [3.05, 3.63) is 54.4 Å². The number of nitrogens with zero attached hydrogens (tertiary/aromatic N) is 1. The maximum absolute atomic E-state index is 11.7. The van der Waals surface area contributed by atoms with Crippen LogP contribution < -0.4 is 0 Å². The van der Waals surface area contributed by atoms with Gasteiger partial charge in [0, 0.05) is 24.4 Å². The molecule has 0 amide bonds. The fourth-order valence-electron chi connectivity index (χ4n) is 2.98. The van der Waals surface area contributed by atoms with Gasteiger partial charge in [0.2, 0.25) is 0 Å². The Labute approximate surface area is 172 Å². The van der Waals surface area contributed by atoms with Crippen molar-refractivity contribution < 1.29 is 9.53 Å². The molecule has 3 nitrogen and oxygen atoms in total. The number of allylic oxidation sites excluding steroid dienone is 4. The van der Waals surface area contributed by atoms with E-state index in [1.165, 1.54) is 51.4 Å². The normalized spacial score (nSPS) is 11.5. The van der Waals surface area contributed by atoms with Crippen molar-refractivity contribution in [3.63, 3.8) is 0 Å². The summed E-state index contributed by atoms with van der Waals surface area (Å²) in [7, 11) is 0. The Morgan fingerprint density at radius 2 is 1.61 bits per heavy atom. The molecule has 0 N–H and O–H groups in total. The molecular formula is C25H39NO2. The number of rotatable bonds is 17. The second-order valence-corrected chi connectivity index (χ2v) is 7.36. The van der Waals surface area contributed by atoms with Crippen LogP contribution in [0.15, 0.2) is 48.8 Å². The zero-order chi connectivity index (χ0) is 20.1. The number of unbranched alkanes of at least 4 members (excludes halogenated alkanes) is 9. The Bertz CT molecular complexity index is 537. The van der Waals surface area contributed by atoms with Crippen LogP contribution in [-0.4, -0.2) is 11.0 Å². The summed E-state index contributed by atoms with van der Waals surface area (Å²) in [6.07, 6.45) is 27.7. The monoisotopic (exact) mass is 385 g/mol. The van der Waals surface area contributed by atoms with Gasteiger partial charge >= 0.3 is 5.97 Å². The molecule has 156 valence electrons. The van der Waals surface area contributed by atoms with E-state index in [2.05, 4.69) is 36.2 Å². The highest BCUT2D eigenvalue weighted by molar-refractivity contribution is 5.69. The third-order valence-corrected chi connectivity index (χ3v) is 4.70. The Morgan fingerprint density at radius 3 is 2.29 bits per heavy atom. The highest BCUT2D eigenvalue weighted by atomic mass is 16.5. The van der Waals surface area contributed by atoms with Gasteiger partial charge in [-0.25, -0.2) is 0 Å². The number of ether oxygens (including phenoxy) is 1. The van der Waals surface area contributed by atoms with Crippen LogP contribution in [0.5, 0.6) is 0 Å². The van der Waals surface area contributed by atoms with Crippen molar-refractivity contribution in [1.82, 2.24) is 4.98 Å². The van der Waals surface area contributed by atoms with Crippen molar-refractivity contribution in [2.45, 2.75) is 97.0 Å². The summed E-state index contributed by atoms with van der Waals surface area (Å²) in [6.45, 7) is 2.58. The lowest BCUT2D eigenvalue weighted by molar-refractivity contribution is -0.145. The molecule has 0 saturated carbocycles. The van der Waals surface area contributed by atoms with Gasteiger partial charge in [-0.3, -0.25) is 9.78 Å². The second kappa shape index (κ2) is 18.5. The number of hydrogen-bond donors (Lipinski definition) is 0. The molecule has 28 heavy (non-hydrogen) atoms. The van der Waals surface area contributed by atoms with E-state index in [9.17, 15) is 4.79 Å². The Kier molecular flexibility index (Phi) is 15.9. The molecule has 0 saturated heterocycles. The van der Waals surface area contributed by atoms with Crippen LogP contribution in [0.25, 0.3) is 0 Å². The van der Waals surface area contributed by atoms with E-state index < -0.39 is 0 Å². The van der Waals surface area contributed by atoms with E-state index in [1.54, 1.807) is 12.4 Å². The van der Waals surface area contributed by atoms with E-state index >= 15 is 0 Å². The lowest BCUT2D eigenvalue weighted by Crippen LogP contribution is -2.04. The van der Waals surface area contributed by atoms with E-state index in [4.69, 9.17) is 4.74 Å². The highest BCUT2D eigenvalue weighted by Gasteiger charge is 2.03. The lowest BCUT2D eigenvalue weighted by atomic mass is 10.1. The van der Waals surface area contributed by atoms with Gasteiger partial charge in [-0.2, -0.15) is 0 Å². The van der Waals surface area contributed by atoms with Crippen LogP contribution in [0.3, 0.4) is 0 Å². The van der Waals surface area contributed by atoms with Gasteiger partial charge in [0.15, 0.2) is 0 Å². The standard InChI is InChI=1S/C25H39NO2/c1-2-3-4-5-6-7-8-9-10-11-12-13-14-15-16-17-20-25(27)28-23-24-19-18-21-26-22-24/h7-8,10-11,18-19,21-22H,2-6,9,12-17,20,23H2,1H3/b8-7-,11-10-. The van der Waals surface area contributed by atoms with Gasteiger partial charge in [-0.1, -0.05) is 75.8 Å². The van der Waals surface area contributed by atoms with Crippen molar-refractivity contribution in [2.24, 2.45) is 0 Å². The largest absolute Gasteiger partial charge is 0.461 e. The van der Waals surface area contributed by atoms with E-state index in [0.29, 0.717) is 13.0 Å². The summed E-state index contributed by atoms with van der Waals surface area (Å²) in [5.41, 5.74) is 0.936. The summed E-state index contributed by atoms with van der Waals surface area (Å²) in [6, 6.07) is 3.77. The quantitative estimate of drug-likeness (QED) is 0.160. The van der Waals surface area contributed by atoms with Gasteiger partial charge < -0.3 is 4.74 Å². The third-order valence-electron chi connectivity index (χ3n) is 4.70. The van der Waals surface area contributed by atoms with Crippen LogP contribution in [0.1, 0.15) is 96.0 Å². The smallest absolute Gasteiger partial charge is 0.306 e. The third kappa shape index (κ3) is 15.2. The first kappa shape index (κ1) is 24.1. The predicted octanol–water partition coefficient (Wildman–Crippen LogP) is 7.33. The molecule has 0 unspecified atom stereocenters. The molecule has 0 bridgehead atoms. The first-order chi connectivity index (χ1) is 13.8. The average molecular weight is 386 g/mol. The maximum atomic E-state index is 11.7. The number of hydrogen-bond acceptors (Lipinski definition) is 3. The van der Waals surface area contributed by atoms with E-state index in [-0.39, 0.29) is 5.97 Å². The minimum atomic E-state index is -0.106. The molecule has 1 aromatic heterocycles. The first-order valence-electron chi connectivity index (χ1n) is 11.2. The molecule has 3 heteroatoms. The number of carbonyl (C=O) groups excluding carboxylic acids is 1. The van der Waals surface area contributed by atoms with Crippen LogP contribution >= 0.6 is 0 Å². The molecule has 0 aliphatic carbocycles. The molecule has 1 aromatic rings. The summed E-state index contributed by atoms with van der Waals surface area (Å²) in [5.74, 6) is -0.106. The second-order valence-electron chi connectivity index (χ2n) is 7.36. The van der Waals surface area contributed by atoms with Gasteiger partial charge in [-0.15, -0.1) is 0 Å². The first-order valence-corrected chi connectivity index (χ1v) is 11.2. The molecule has 0 aliphatic rings. The van der Waals surface area contributed by atoms with Gasteiger partial charge in [0.1, 0.15) is 6.61 Å². The zero-order valence-corrected chi connectivity index (χ0v) is 17.8. The van der Waals surface area contributed by atoms with Gasteiger partial charge in [0.25, 0.3) is 0 Å². The maximum Gasteiger partial charge on any atom is 0.306 e. The molecule has 0 spiro atoms. The summed E-state index contributed by atoms with van der Waals surface area (Å²) < 4.78 is 5.26. The molecular weight excluding hydrogens is 346 g/mol. The minimum absolute atomic E-state index is 0.106. The molecule has 0 aliphatic heterocycles. The topological polar surface area (TPSA) is 39.2 Å². The SMILES string of the molecule is CCCCCC/C=C\C/C=C\CCCCCCCC(=O)OCc1cccnc1. The molecule has 0 radical (unpaired) electrons. The van der Waals surface area contributed by atoms with Crippen LogP contribution in [-0.2, 0) is 16.1 Å². The number of aromatic nitrogens is 1. The lowest BCUT2D eigenvalue weighted by Gasteiger charge is -2.04. The van der Waals surface area contributed by atoms with Crippen LogP contribution in [0.4, 0.5) is 0 Å². The van der Waals surface area contributed by atoms with Gasteiger partial charge in [0.05, 0.1) is 0 Å². The summed E-state index contributed by atoms with van der Waals surface area (Å²) in [5, 5.41) is 0. The average Bonchev–Trinajstić information content (AvgIpc) is 2.72. The minimum Gasteiger partial charge on any atom is -0.461 e. The summed E-state index contributed by atoms with van der Waals surface area (Å²) >= 11 is 0. The van der Waals surface area contributed by atoms with E-state index in [1.807, 2.05) is 12.1 Å². The van der Waals surface area contributed by atoms with Crippen LogP contribution in [0, 0.1) is 0 Å². The Hall–Kier alpha value is -1.90. The van der Waals surface area contributed by atoms with Crippen LogP contribution in [0.2, 0.25) is 0 Å². The van der Waals surface area contributed by atoms with Crippen molar-refractivity contribution in [2.75, 3.05) is 0 Å². The molecule has 0 fully saturated rings.